The molecular formula is C62H40N6. The van der Waals surface area contributed by atoms with Gasteiger partial charge in [-0.3, -0.25) is 9.97 Å². The first-order valence-electron chi connectivity index (χ1n) is 22.7. The van der Waals surface area contributed by atoms with Gasteiger partial charge < -0.3 is 0 Å². The van der Waals surface area contributed by atoms with Crippen molar-refractivity contribution in [2.75, 3.05) is 0 Å². The van der Waals surface area contributed by atoms with Gasteiger partial charge in [0, 0.05) is 56.5 Å². The summed E-state index contributed by atoms with van der Waals surface area (Å²) < 4.78 is 0. The van der Waals surface area contributed by atoms with Gasteiger partial charge in [-0.15, -0.1) is 0 Å². The predicted molar refractivity (Wildman–Crippen MR) is 277 cm³/mol. The highest BCUT2D eigenvalue weighted by atomic mass is 14.9. The molecule has 4 aromatic heterocycles. The van der Waals surface area contributed by atoms with Gasteiger partial charge >= 0.3 is 0 Å². The maximum atomic E-state index is 5.10. The second-order valence-corrected chi connectivity index (χ2v) is 16.8. The Labute approximate surface area is 394 Å². The van der Waals surface area contributed by atoms with Crippen molar-refractivity contribution in [2.45, 2.75) is 0 Å². The van der Waals surface area contributed by atoms with Crippen LogP contribution in [0.2, 0.25) is 0 Å². The highest BCUT2D eigenvalue weighted by molar-refractivity contribution is 5.86. The number of fused-ring (bicyclic) bond motifs is 2. The summed E-state index contributed by atoms with van der Waals surface area (Å²) in [5.74, 6) is 1.37. The number of pyridine rings is 2. The highest BCUT2D eigenvalue weighted by Crippen LogP contribution is 2.34. The van der Waals surface area contributed by atoms with Crippen molar-refractivity contribution in [3.8, 4) is 101 Å². The Morgan fingerprint density at radius 1 is 0.206 bits per heavy atom. The summed E-state index contributed by atoms with van der Waals surface area (Å²) in [7, 11) is 0. The molecule has 0 aliphatic heterocycles. The van der Waals surface area contributed by atoms with Gasteiger partial charge in [-0.1, -0.05) is 182 Å². The van der Waals surface area contributed by atoms with Crippen LogP contribution in [0.25, 0.3) is 123 Å². The van der Waals surface area contributed by atoms with Crippen molar-refractivity contribution < 1.29 is 0 Å². The Kier molecular flexibility index (Phi) is 10.4. The minimum Gasteiger partial charge on any atom is -0.256 e. The molecule has 0 atom stereocenters. The van der Waals surface area contributed by atoms with Gasteiger partial charge in [-0.05, 0) is 81.9 Å². The number of aromatic nitrogens is 6. The largest absolute Gasteiger partial charge is 0.256 e. The molecule has 0 saturated heterocycles. The van der Waals surface area contributed by atoms with E-state index in [4.69, 9.17) is 19.9 Å². The predicted octanol–water partition coefficient (Wildman–Crippen LogP) is 15.4. The van der Waals surface area contributed by atoms with E-state index in [-0.39, 0.29) is 0 Å². The molecule has 0 amide bonds. The lowest BCUT2D eigenvalue weighted by atomic mass is 9.98. The summed E-state index contributed by atoms with van der Waals surface area (Å²) in [4.78, 5) is 29.3. The summed E-state index contributed by atoms with van der Waals surface area (Å²) in [5, 5.41) is 2.24. The van der Waals surface area contributed by atoms with E-state index in [1.807, 2.05) is 60.9 Å². The lowest BCUT2D eigenvalue weighted by molar-refractivity contribution is 1.18. The summed E-state index contributed by atoms with van der Waals surface area (Å²) >= 11 is 0. The number of hydrogen-bond acceptors (Lipinski definition) is 6. The molecule has 8 aromatic carbocycles. The third-order valence-corrected chi connectivity index (χ3v) is 12.4. The van der Waals surface area contributed by atoms with Crippen molar-refractivity contribution in [2.24, 2.45) is 0 Å². The third kappa shape index (κ3) is 8.19. The monoisotopic (exact) mass is 868 g/mol. The summed E-state index contributed by atoms with van der Waals surface area (Å²) in [6, 6.07) is 79.9. The molecule has 0 N–H and O–H groups in total. The lowest BCUT2D eigenvalue weighted by Crippen LogP contribution is -1.96. The van der Waals surface area contributed by atoms with Crippen LogP contribution >= 0.6 is 0 Å². The molecule has 0 fully saturated rings. The van der Waals surface area contributed by atoms with Crippen LogP contribution in [0.4, 0.5) is 0 Å². The Morgan fingerprint density at radius 3 is 0.838 bits per heavy atom. The first-order chi connectivity index (χ1) is 33.6. The Morgan fingerprint density at radius 2 is 0.500 bits per heavy atom. The van der Waals surface area contributed by atoms with Gasteiger partial charge in [-0.25, -0.2) is 19.9 Å². The number of hydrogen-bond donors (Lipinski definition) is 0. The number of nitrogens with zero attached hydrogens (tertiary/aromatic N) is 6. The molecule has 6 nitrogen and oxygen atoms in total. The van der Waals surface area contributed by atoms with Crippen LogP contribution in [0, 0.1) is 0 Å². The van der Waals surface area contributed by atoms with Crippen molar-refractivity contribution in [1.29, 1.82) is 0 Å². The van der Waals surface area contributed by atoms with Crippen LogP contribution < -0.4 is 0 Å². The molecule has 0 saturated carbocycles. The van der Waals surface area contributed by atoms with Gasteiger partial charge in [0.25, 0.3) is 0 Å². The zero-order chi connectivity index (χ0) is 45.2. The molecule has 4 heterocycles. The molecule has 0 aliphatic rings. The Balaban J connectivity index is 0.828. The minimum atomic E-state index is 0.683. The molecule has 0 aliphatic carbocycles. The molecule has 0 unspecified atom stereocenters. The fraction of sp³-hybridized carbons (Fsp3) is 0. The van der Waals surface area contributed by atoms with Crippen molar-refractivity contribution in [1.82, 2.24) is 29.9 Å². The smallest absolute Gasteiger partial charge is 0.160 e. The fourth-order valence-corrected chi connectivity index (χ4v) is 8.76. The van der Waals surface area contributed by atoms with Crippen LogP contribution in [-0.4, -0.2) is 29.9 Å². The normalized spacial score (nSPS) is 11.2. The van der Waals surface area contributed by atoms with Crippen molar-refractivity contribution >= 4 is 21.8 Å². The van der Waals surface area contributed by atoms with Crippen LogP contribution in [0.5, 0.6) is 0 Å². The second kappa shape index (κ2) is 17.6. The molecule has 0 radical (unpaired) electrons. The highest BCUT2D eigenvalue weighted by Gasteiger charge is 2.14. The van der Waals surface area contributed by atoms with E-state index in [1.165, 1.54) is 0 Å². The molecule has 6 heteroatoms. The van der Waals surface area contributed by atoms with Crippen LogP contribution in [0.15, 0.2) is 243 Å². The van der Waals surface area contributed by atoms with E-state index >= 15 is 0 Å². The van der Waals surface area contributed by atoms with E-state index in [0.29, 0.717) is 11.6 Å². The molecule has 12 aromatic rings. The average molecular weight is 869 g/mol. The maximum absolute atomic E-state index is 5.10. The first-order valence-corrected chi connectivity index (χ1v) is 22.7. The zero-order valence-corrected chi connectivity index (χ0v) is 36.8. The van der Waals surface area contributed by atoms with Gasteiger partial charge in [-0.2, -0.15) is 0 Å². The average Bonchev–Trinajstić information content (AvgIpc) is 3.43. The maximum Gasteiger partial charge on any atom is 0.160 e. The summed E-state index contributed by atoms with van der Waals surface area (Å²) in [6.07, 6.45) is 3.66. The van der Waals surface area contributed by atoms with E-state index < -0.39 is 0 Å². The Bertz CT molecular complexity index is 3490. The van der Waals surface area contributed by atoms with Gasteiger partial charge in [0.05, 0.1) is 33.8 Å². The molecular weight excluding hydrogens is 829 g/mol. The van der Waals surface area contributed by atoms with Crippen LogP contribution in [0.3, 0.4) is 0 Å². The topological polar surface area (TPSA) is 77.3 Å². The zero-order valence-electron chi connectivity index (χ0n) is 36.8. The van der Waals surface area contributed by atoms with Crippen molar-refractivity contribution in [3.05, 3.63) is 243 Å². The van der Waals surface area contributed by atoms with E-state index in [0.717, 1.165) is 111 Å². The Hall–Kier alpha value is -9.26. The van der Waals surface area contributed by atoms with Crippen LogP contribution in [-0.2, 0) is 0 Å². The number of rotatable bonds is 9. The molecule has 68 heavy (non-hydrogen) atoms. The summed E-state index contributed by atoms with van der Waals surface area (Å²) in [6.45, 7) is 0. The van der Waals surface area contributed by atoms with E-state index in [1.54, 1.807) is 0 Å². The standard InChI is InChI=1S/C62H40N6/c1-3-9-49(10-4-1)61-65-57(39-59(67-61)47-27-19-43(20-28-47)51-31-33-55-53(37-51)13-7-35-63-55)45-23-15-41(16-24-45)42-17-25-46(26-18-42)58-40-60(68-62(66-58)50-11-5-2-6-12-50)48-29-21-44(22-30-48)52-32-34-56-54(38-52)14-8-36-64-56/h1-40H. The molecule has 12 rings (SSSR count). The van der Waals surface area contributed by atoms with Crippen LogP contribution in [0.1, 0.15) is 0 Å². The van der Waals surface area contributed by atoms with Gasteiger partial charge in [0.2, 0.25) is 0 Å². The van der Waals surface area contributed by atoms with E-state index in [9.17, 15) is 0 Å². The molecule has 0 bridgehead atoms. The number of benzene rings is 8. The minimum absolute atomic E-state index is 0.683. The fourth-order valence-electron chi connectivity index (χ4n) is 8.76. The van der Waals surface area contributed by atoms with Crippen molar-refractivity contribution in [3.63, 3.8) is 0 Å². The second-order valence-electron chi connectivity index (χ2n) is 16.8. The summed E-state index contributed by atoms with van der Waals surface area (Å²) in [5.41, 5.74) is 18.2. The molecule has 318 valence electrons. The van der Waals surface area contributed by atoms with E-state index in [2.05, 4.69) is 192 Å². The third-order valence-electron chi connectivity index (χ3n) is 12.4. The SMILES string of the molecule is c1ccc(-c2nc(-c3ccc(-c4ccc(-c5cc(-c6ccc(-c7ccc8ncccc8c7)cc6)nc(-c6ccccc6)n5)cc4)cc3)cc(-c3ccc(-c4ccc5ncccc5c4)cc3)n2)cc1. The lowest BCUT2D eigenvalue weighted by Gasteiger charge is -2.12. The molecule has 0 spiro atoms. The van der Waals surface area contributed by atoms with Gasteiger partial charge in [0.1, 0.15) is 0 Å². The quantitative estimate of drug-likeness (QED) is 0.144. The van der Waals surface area contributed by atoms with Gasteiger partial charge in [0.15, 0.2) is 11.6 Å². The first kappa shape index (κ1) is 40.3.